The Morgan fingerprint density at radius 2 is 0.692 bits per heavy atom. The molecule has 0 bridgehead atoms. The minimum Gasteiger partial charge on any atom is -0.455 e. The third-order valence-corrected chi connectivity index (χ3v) is 12.4. The van der Waals surface area contributed by atoms with E-state index in [0.717, 1.165) is 72.0 Å². The van der Waals surface area contributed by atoms with Gasteiger partial charge in [-0.2, -0.15) is 0 Å². The molecule has 0 amide bonds. The molecule has 65 heavy (non-hydrogen) atoms. The number of para-hydroxylation sites is 1. The highest BCUT2D eigenvalue weighted by Gasteiger charge is 2.20. The summed E-state index contributed by atoms with van der Waals surface area (Å²) in [7, 11) is 0. The number of nitrogens with zero attached hydrogens (tertiary/aromatic N) is 3. The van der Waals surface area contributed by atoms with Crippen molar-refractivity contribution in [3.8, 4) is 89.8 Å². The fraction of sp³-hybridized carbons (Fsp3) is 0. The standard InChI is InChI=1S/C61H39N3O/c1-3-12-40(13-4-1)43-24-31-46(32-25-43)53-20-10-21-54-57-55(22-11-23-56(57)65-58(53)54)61-63-59(47-33-26-44(27-34-47)51-19-9-18-50(38-51)41-14-5-2-6-15-41)62-60(64-61)48-35-28-45(29-36-48)52-37-30-42-16-7-8-17-49(42)39-52/h1-39H. The SMILES string of the molecule is c1ccc(-c2ccc(-c3cccc4c3oc3cccc(-c5nc(-c6ccc(-c7cccc(-c8ccccc8)c7)cc6)nc(-c6ccc(-c7ccc8ccccc8c7)cc6)n5)c34)cc2)cc1. The number of benzene rings is 10. The molecule has 4 nitrogen and oxygen atoms in total. The van der Waals surface area contributed by atoms with Crippen LogP contribution in [0.15, 0.2) is 241 Å². The van der Waals surface area contributed by atoms with Crippen LogP contribution in [-0.4, -0.2) is 15.0 Å². The van der Waals surface area contributed by atoms with E-state index in [9.17, 15) is 0 Å². The zero-order chi connectivity index (χ0) is 43.1. The molecule has 0 unspecified atom stereocenters. The largest absolute Gasteiger partial charge is 0.455 e. The van der Waals surface area contributed by atoms with E-state index in [1.807, 2.05) is 24.3 Å². The average molecular weight is 830 g/mol. The maximum Gasteiger partial charge on any atom is 0.164 e. The van der Waals surface area contributed by atoms with Gasteiger partial charge in [0, 0.05) is 33.0 Å². The van der Waals surface area contributed by atoms with Gasteiger partial charge in [-0.25, -0.2) is 15.0 Å². The quantitative estimate of drug-likeness (QED) is 0.153. The van der Waals surface area contributed by atoms with Crippen LogP contribution in [0.3, 0.4) is 0 Å². The van der Waals surface area contributed by atoms with E-state index in [2.05, 4.69) is 212 Å². The van der Waals surface area contributed by atoms with Gasteiger partial charge in [0.05, 0.1) is 0 Å². The highest BCUT2D eigenvalue weighted by Crippen LogP contribution is 2.41. The molecule has 0 aliphatic rings. The van der Waals surface area contributed by atoms with Crippen LogP contribution in [-0.2, 0) is 0 Å². The van der Waals surface area contributed by atoms with E-state index in [0.29, 0.717) is 17.5 Å². The van der Waals surface area contributed by atoms with Crippen LogP contribution in [0.1, 0.15) is 0 Å². The van der Waals surface area contributed by atoms with Gasteiger partial charge in [0.2, 0.25) is 0 Å². The van der Waals surface area contributed by atoms with Gasteiger partial charge in [-0.3, -0.25) is 0 Å². The molecule has 0 saturated carbocycles. The lowest BCUT2D eigenvalue weighted by molar-refractivity contribution is 0.670. The summed E-state index contributed by atoms with van der Waals surface area (Å²) in [5, 5.41) is 4.41. The highest BCUT2D eigenvalue weighted by molar-refractivity contribution is 6.15. The minimum absolute atomic E-state index is 0.578. The predicted octanol–water partition coefficient (Wildman–Crippen LogP) is 16.3. The summed E-state index contributed by atoms with van der Waals surface area (Å²) in [4.78, 5) is 15.6. The number of rotatable bonds is 8. The first-order valence-corrected chi connectivity index (χ1v) is 21.9. The zero-order valence-electron chi connectivity index (χ0n) is 35.3. The summed E-state index contributed by atoms with van der Waals surface area (Å²) in [5.74, 6) is 1.77. The first kappa shape index (κ1) is 38.0. The van der Waals surface area contributed by atoms with E-state index in [1.165, 1.54) is 33.0 Å². The normalized spacial score (nSPS) is 11.4. The second-order valence-electron chi connectivity index (χ2n) is 16.4. The predicted molar refractivity (Wildman–Crippen MR) is 268 cm³/mol. The van der Waals surface area contributed by atoms with Crippen LogP contribution in [0.25, 0.3) is 123 Å². The van der Waals surface area contributed by atoms with E-state index in [1.54, 1.807) is 0 Å². The molecule has 2 heterocycles. The fourth-order valence-electron chi connectivity index (χ4n) is 8.99. The molecular weight excluding hydrogens is 791 g/mol. The molecule has 2 aromatic heterocycles. The van der Waals surface area contributed by atoms with Gasteiger partial charge in [-0.1, -0.05) is 218 Å². The summed E-state index contributed by atoms with van der Waals surface area (Å²) in [6.07, 6.45) is 0. The number of hydrogen-bond donors (Lipinski definition) is 0. The lowest BCUT2D eigenvalue weighted by Gasteiger charge is -2.11. The molecule has 10 aromatic carbocycles. The molecule has 0 N–H and O–H groups in total. The van der Waals surface area contributed by atoms with E-state index in [-0.39, 0.29) is 0 Å². The summed E-state index contributed by atoms with van der Waals surface area (Å²) >= 11 is 0. The monoisotopic (exact) mass is 829 g/mol. The third-order valence-electron chi connectivity index (χ3n) is 12.4. The average Bonchev–Trinajstić information content (AvgIpc) is 3.79. The van der Waals surface area contributed by atoms with Crippen molar-refractivity contribution >= 4 is 32.7 Å². The van der Waals surface area contributed by atoms with Gasteiger partial charge >= 0.3 is 0 Å². The van der Waals surface area contributed by atoms with Crippen molar-refractivity contribution in [2.75, 3.05) is 0 Å². The Hall–Kier alpha value is -8.73. The Morgan fingerprint density at radius 1 is 0.262 bits per heavy atom. The minimum atomic E-state index is 0.578. The summed E-state index contributed by atoms with van der Waals surface area (Å²) in [6, 6.07) is 82.9. The van der Waals surface area contributed by atoms with Gasteiger partial charge in [-0.15, -0.1) is 0 Å². The molecule has 0 saturated heterocycles. The van der Waals surface area contributed by atoms with Crippen molar-refractivity contribution in [1.29, 1.82) is 0 Å². The molecule has 0 radical (unpaired) electrons. The van der Waals surface area contributed by atoms with Crippen LogP contribution in [0, 0.1) is 0 Å². The van der Waals surface area contributed by atoms with Crippen LogP contribution in [0.2, 0.25) is 0 Å². The first-order chi connectivity index (χ1) is 32.2. The van der Waals surface area contributed by atoms with Crippen molar-refractivity contribution in [3.05, 3.63) is 237 Å². The molecule has 0 aliphatic carbocycles. The van der Waals surface area contributed by atoms with Crippen LogP contribution in [0.4, 0.5) is 0 Å². The fourth-order valence-corrected chi connectivity index (χ4v) is 8.99. The topological polar surface area (TPSA) is 51.8 Å². The molecule has 12 aromatic rings. The van der Waals surface area contributed by atoms with Crippen molar-refractivity contribution < 1.29 is 4.42 Å². The summed E-state index contributed by atoms with van der Waals surface area (Å²) in [5.41, 5.74) is 15.7. The maximum atomic E-state index is 6.75. The number of aromatic nitrogens is 3. The molecule has 0 fully saturated rings. The Balaban J connectivity index is 0.962. The van der Waals surface area contributed by atoms with Gasteiger partial charge in [-0.05, 0) is 79.0 Å². The second-order valence-corrected chi connectivity index (χ2v) is 16.4. The van der Waals surface area contributed by atoms with Gasteiger partial charge in [0.25, 0.3) is 0 Å². The lowest BCUT2D eigenvalue weighted by atomic mass is 9.98. The lowest BCUT2D eigenvalue weighted by Crippen LogP contribution is -2.00. The van der Waals surface area contributed by atoms with E-state index < -0.39 is 0 Å². The first-order valence-electron chi connectivity index (χ1n) is 21.9. The Bertz CT molecular complexity index is 3670. The molecule has 4 heteroatoms. The van der Waals surface area contributed by atoms with Crippen LogP contribution >= 0.6 is 0 Å². The van der Waals surface area contributed by atoms with Crippen molar-refractivity contribution in [2.24, 2.45) is 0 Å². The smallest absolute Gasteiger partial charge is 0.164 e. The van der Waals surface area contributed by atoms with Crippen LogP contribution < -0.4 is 0 Å². The molecule has 0 aliphatic heterocycles. The molecule has 12 rings (SSSR count). The maximum absolute atomic E-state index is 6.75. The Labute approximate surface area is 376 Å². The van der Waals surface area contributed by atoms with Crippen LogP contribution in [0.5, 0.6) is 0 Å². The zero-order valence-corrected chi connectivity index (χ0v) is 35.3. The number of hydrogen-bond acceptors (Lipinski definition) is 4. The van der Waals surface area contributed by atoms with Crippen molar-refractivity contribution in [1.82, 2.24) is 15.0 Å². The van der Waals surface area contributed by atoms with Gasteiger partial charge < -0.3 is 4.42 Å². The molecule has 0 atom stereocenters. The van der Waals surface area contributed by atoms with Crippen molar-refractivity contribution in [2.45, 2.75) is 0 Å². The second kappa shape index (κ2) is 16.2. The molecular formula is C61H39N3O. The molecule has 0 spiro atoms. The van der Waals surface area contributed by atoms with Crippen molar-refractivity contribution in [3.63, 3.8) is 0 Å². The Kier molecular flexibility index (Phi) is 9.46. The number of fused-ring (bicyclic) bond motifs is 4. The van der Waals surface area contributed by atoms with E-state index >= 15 is 0 Å². The highest BCUT2D eigenvalue weighted by atomic mass is 16.3. The van der Waals surface area contributed by atoms with Gasteiger partial charge in [0.1, 0.15) is 11.2 Å². The third kappa shape index (κ3) is 7.23. The molecule has 304 valence electrons. The van der Waals surface area contributed by atoms with E-state index in [4.69, 9.17) is 19.4 Å². The van der Waals surface area contributed by atoms with Gasteiger partial charge in [0.15, 0.2) is 17.5 Å². The summed E-state index contributed by atoms with van der Waals surface area (Å²) in [6.45, 7) is 0. The number of furan rings is 1. The Morgan fingerprint density at radius 3 is 1.34 bits per heavy atom. The summed E-state index contributed by atoms with van der Waals surface area (Å²) < 4.78 is 6.75.